The van der Waals surface area contributed by atoms with Crippen molar-refractivity contribution in [2.45, 2.75) is 13.0 Å². The molecule has 17 heavy (non-hydrogen) atoms. The molecule has 2 nitrogen and oxygen atoms in total. The van der Waals surface area contributed by atoms with Crippen LogP contribution in [0.2, 0.25) is 0 Å². The zero-order valence-corrected chi connectivity index (χ0v) is 10.9. The fourth-order valence-corrected chi connectivity index (χ4v) is 2.15. The van der Waals surface area contributed by atoms with E-state index in [0.717, 1.165) is 21.2 Å². The SMILES string of the molecule is Cc1cc(F)ccc1C(N)c1cncc(Br)c1. The lowest BCUT2D eigenvalue weighted by atomic mass is 9.97. The van der Waals surface area contributed by atoms with Crippen molar-refractivity contribution < 1.29 is 4.39 Å². The molecule has 1 unspecified atom stereocenters. The minimum absolute atomic E-state index is 0.245. The average Bonchev–Trinajstić information content (AvgIpc) is 2.28. The van der Waals surface area contributed by atoms with Gasteiger partial charge in [0.15, 0.2) is 0 Å². The first-order chi connectivity index (χ1) is 8.08. The van der Waals surface area contributed by atoms with Gasteiger partial charge < -0.3 is 5.73 Å². The van der Waals surface area contributed by atoms with Crippen LogP contribution in [0.4, 0.5) is 4.39 Å². The lowest BCUT2D eigenvalue weighted by Crippen LogP contribution is -2.13. The zero-order valence-electron chi connectivity index (χ0n) is 9.32. The van der Waals surface area contributed by atoms with Gasteiger partial charge in [0.2, 0.25) is 0 Å². The summed E-state index contributed by atoms with van der Waals surface area (Å²) in [5.41, 5.74) is 8.80. The molecule has 0 aliphatic heterocycles. The van der Waals surface area contributed by atoms with Gasteiger partial charge in [-0.05, 0) is 57.7 Å². The zero-order chi connectivity index (χ0) is 12.4. The Morgan fingerprint density at radius 2 is 2.06 bits per heavy atom. The average molecular weight is 295 g/mol. The minimum Gasteiger partial charge on any atom is -0.320 e. The van der Waals surface area contributed by atoms with Crippen LogP contribution in [0.5, 0.6) is 0 Å². The van der Waals surface area contributed by atoms with Gasteiger partial charge in [0, 0.05) is 16.9 Å². The monoisotopic (exact) mass is 294 g/mol. The highest BCUT2D eigenvalue weighted by molar-refractivity contribution is 9.10. The van der Waals surface area contributed by atoms with Gasteiger partial charge in [-0.2, -0.15) is 0 Å². The van der Waals surface area contributed by atoms with Crippen molar-refractivity contribution in [2.75, 3.05) is 0 Å². The molecule has 0 radical (unpaired) electrons. The Balaban J connectivity index is 2.40. The third-order valence-corrected chi connectivity index (χ3v) is 3.09. The first-order valence-electron chi connectivity index (χ1n) is 5.20. The molecule has 1 atom stereocenters. The van der Waals surface area contributed by atoms with Crippen LogP contribution in [0, 0.1) is 12.7 Å². The van der Waals surface area contributed by atoms with Crippen molar-refractivity contribution in [3.05, 3.63) is 63.6 Å². The van der Waals surface area contributed by atoms with Crippen molar-refractivity contribution in [3.63, 3.8) is 0 Å². The smallest absolute Gasteiger partial charge is 0.123 e. The second kappa shape index (κ2) is 4.94. The first-order valence-corrected chi connectivity index (χ1v) is 5.99. The summed E-state index contributed by atoms with van der Waals surface area (Å²) in [5.74, 6) is -0.245. The highest BCUT2D eigenvalue weighted by Gasteiger charge is 2.12. The number of hydrogen-bond donors (Lipinski definition) is 1. The summed E-state index contributed by atoms with van der Waals surface area (Å²) in [6.07, 6.45) is 3.42. The van der Waals surface area contributed by atoms with Gasteiger partial charge in [0.25, 0.3) is 0 Å². The minimum atomic E-state index is -0.291. The molecule has 1 aromatic carbocycles. The normalized spacial score (nSPS) is 12.5. The van der Waals surface area contributed by atoms with Crippen LogP contribution in [0.25, 0.3) is 0 Å². The fourth-order valence-electron chi connectivity index (χ4n) is 1.77. The Labute approximate surface area is 108 Å². The number of nitrogens with zero attached hydrogens (tertiary/aromatic N) is 1. The van der Waals surface area contributed by atoms with E-state index in [1.807, 2.05) is 13.0 Å². The first kappa shape index (κ1) is 12.2. The summed E-state index contributed by atoms with van der Waals surface area (Å²) in [5, 5.41) is 0. The summed E-state index contributed by atoms with van der Waals surface area (Å²) in [6, 6.07) is 6.26. The molecule has 4 heteroatoms. The van der Waals surface area contributed by atoms with Gasteiger partial charge in [-0.3, -0.25) is 4.98 Å². The van der Waals surface area contributed by atoms with Crippen molar-refractivity contribution in [1.29, 1.82) is 0 Å². The molecule has 88 valence electrons. The predicted molar refractivity (Wildman–Crippen MR) is 69.1 cm³/mol. The highest BCUT2D eigenvalue weighted by Crippen LogP contribution is 2.24. The molecule has 0 aliphatic rings. The fraction of sp³-hybridized carbons (Fsp3) is 0.154. The van der Waals surface area contributed by atoms with E-state index in [1.54, 1.807) is 18.5 Å². The quantitative estimate of drug-likeness (QED) is 0.923. The molecular weight excluding hydrogens is 283 g/mol. The van der Waals surface area contributed by atoms with Crippen LogP contribution < -0.4 is 5.73 Å². The molecule has 0 bridgehead atoms. The number of halogens is 2. The lowest BCUT2D eigenvalue weighted by Gasteiger charge is -2.15. The Bertz CT molecular complexity index is 543. The van der Waals surface area contributed by atoms with E-state index < -0.39 is 0 Å². The molecule has 1 heterocycles. The maximum absolute atomic E-state index is 13.0. The van der Waals surface area contributed by atoms with Gasteiger partial charge in [-0.1, -0.05) is 6.07 Å². The second-order valence-electron chi connectivity index (χ2n) is 3.92. The number of pyridine rings is 1. The highest BCUT2D eigenvalue weighted by atomic mass is 79.9. The van der Waals surface area contributed by atoms with E-state index in [0.29, 0.717) is 0 Å². The van der Waals surface area contributed by atoms with Crippen LogP contribution in [-0.4, -0.2) is 4.98 Å². The maximum atomic E-state index is 13.0. The van der Waals surface area contributed by atoms with Gasteiger partial charge in [-0.15, -0.1) is 0 Å². The maximum Gasteiger partial charge on any atom is 0.123 e. The van der Waals surface area contributed by atoms with Crippen LogP contribution in [0.3, 0.4) is 0 Å². The summed E-state index contributed by atoms with van der Waals surface area (Å²) < 4.78 is 13.9. The molecule has 0 spiro atoms. The van der Waals surface area contributed by atoms with Gasteiger partial charge in [0.05, 0.1) is 6.04 Å². The lowest BCUT2D eigenvalue weighted by molar-refractivity contribution is 0.624. The Kier molecular flexibility index (Phi) is 3.54. The van der Waals surface area contributed by atoms with Crippen LogP contribution >= 0.6 is 15.9 Å². The third kappa shape index (κ3) is 2.70. The Hall–Kier alpha value is -1.26. The van der Waals surface area contributed by atoms with E-state index in [2.05, 4.69) is 20.9 Å². The molecular formula is C13H12BrFN2. The third-order valence-electron chi connectivity index (χ3n) is 2.65. The molecule has 0 amide bonds. The van der Waals surface area contributed by atoms with Crippen molar-refractivity contribution in [2.24, 2.45) is 5.73 Å². The Morgan fingerprint density at radius 1 is 1.29 bits per heavy atom. The molecule has 1 aromatic heterocycles. The van der Waals surface area contributed by atoms with Crippen LogP contribution in [0.15, 0.2) is 41.1 Å². The van der Waals surface area contributed by atoms with Gasteiger partial charge in [-0.25, -0.2) is 4.39 Å². The number of benzene rings is 1. The topological polar surface area (TPSA) is 38.9 Å². The number of nitrogens with two attached hydrogens (primary N) is 1. The molecule has 0 fully saturated rings. The van der Waals surface area contributed by atoms with Gasteiger partial charge in [0.1, 0.15) is 5.82 Å². The van der Waals surface area contributed by atoms with Crippen LogP contribution in [0.1, 0.15) is 22.7 Å². The standard InChI is InChI=1S/C13H12BrFN2/c1-8-4-11(15)2-3-12(8)13(16)9-5-10(14)7-17-6-9/h2-7,13H,16H2,1H3. The summed E-state index contributed by atoms with van der Waals surface area (Å²) >= 11 is 3.36. The summed E-state index contributed by atoms with van der Waals surface area (Å²) in [7, 11) is 0. The molecule has 0 saturated heterocycles. The summed E-state index contributed by atoms with van der Waals surface area (Å²) in [4.78, 5) is 4.08. The van der Waals surface area contributed by atoms with E-state index in [-0.39, 0.29) is 11.9 Å². The van der Waals surface area contributed by atoms with E-state index >= 15 is 0 Å². The van der Waals surface area contributed by atoms with E-state index in [1.165, 1.54) is 12.1 Å². The van der Waals surface area contributed by atoms with E-state index in [9.17, 15) is 4.39 Å². The number of hydrogen-bond acceptors (Lipinski definition) is 2. The van der Waals surface area contributed by atoms with Crippen molar-refractivity contribution in [3.8, 4) is 0 Å². The van der Waals surface area contributed by atoms with E-state index in [4.69, 9.17) is 5.73 Å². The molecule has 2 N–H and O–H groups in total. The van der Waals surface area contributed by atoms with Crippen molar-refractivity contribution in [1.82, 2.24) is 4.98 Å². The molecule has 0 saturated carbocycles. The predicted octanol–water partition coefficient (Wildman–Crippen LogP) is 3.34. The molecule has 2 rings (SSSR count). The Morgan fingerprint density at radius 3 is 2.71 bits per heavy atom. The van der Waals surface area contributed by atoms with Crippen molar-refractivity contribution >= 4 is 15.9 Å². The van der Waals surface area contributed by atoms with Crippen LogP contribution in [-0.2, 0) is 0 Å². The number of aryl methyl sites for hydroxylation is 1. The molecule has 0 aliphatic carbocycles. The summed E-state index contributed by atoms with van der Waals surface area (Å²) in [6.45, 7) is 1.85. The number of aromatic nitrogens is 1. The number of rotatable bonds is 2. The largest absolute Gasteiger partial charge is 0.320 e. The second-order valence-corrected chi connectivity index (χ2v) is 4.83. The molecule has 2 aromatic rings. The van der Waals surface area contributed by atoms with Gasteiger partial charge >= 0.3 is 0 Å².